The molecule has 15 heteroatoms. The lowest BCUT2D eigenvalue weighted by Gasteiger charge is -2.36. The molecule has 0 amide bonds. The normalized spacial score (nSPS) is 18.5. The lowest BCUT2D eigenvalue weighted by Crippen LogP contribution is -2.63. The third kappa shape index (κ3) is 4.10. The zero-order chi connectivity index (χ0) is 18.2. The van der Waals surface area contributed by atoms with Gasteiger partial charge in [0.15, 0.2) is 0 Å². The van der Waals surface area contributed by atoms with E-state index in [-0.39, 0.29) is 6.07 Å². The van der Waals surface area contributed by atoms with Crippen molar-refractivity contribution in [1.29, 1.82) is 5.26 Å². The first-order chi connectivity index (χ1) is 9.41. The first-order valence-corrected chi connectivity index (χ1v) is 5.20. The summed E-state index contributed by atoms with van der Waals surface area (Å²) >= 11 is 0.796. The molecule has 0 bridgehead atoms. The van der Waals surface area contributed by atoms with Gasteiger partial charge in [0.2, 0.25) is 0 Å². The van der Waals surface area contributed by atoms with E-state index in [1.807, 2.05) is 4.74 Å². The van der Waals surface area contributed by atoms with Crippen LogP contribution in [0, 0.1) is 11.3 Å². The van der Waals surface area contributed by atoms with Crippen molar-refractivity contribution in [3.05, 3.63) is 0 Å². The molecule has 0 aromatic rings. The number of halogens is 12. The zero-order valence-electron chi connectivity index (χ0n) is 9.38. The smallest absolute Gasteiger partial charge is 0.267 e. The Morgan fingerprint density at radius 1 is 0.864 bits per heavy atom. The SMILES string of the molecule is N#CC(F)OC(F)(F)C(F)(OC(F)(F)C(F)(F)Br)C(F)(F)F. The third-order valence-corrected chi connectivity index (χ3v) is 2.15. The van der Waals surface area contributed by atoms with Crippen LogP contribution in [0.2, 0.25) is 0 Å². The van der Waals surface area contributed by atoms with Gasteiger partial charge in [-0.15, -0.1) is 0 Å². The van der Waals surface area contributed by atoms with Crippen LogP contribution in [0.25, 0.3) is 0 Å². The van der Waals surface area contributed by atoms with Gasteiger partial charge in [-0.1, -0.05) is 0 Å². The Bertz CT molecular complexity index is 441. The second kappa shape index (κ2) is 5.96. The highest BCUT2D eigenvalue weighted by molar-refractivity contribution is 9.10. The van der Waals surface area contributed by atoms with Crippen molar-refractivity contribution in [2.45, 2.75) is 35.4 Å². The highest BCUT2D eigenvalue weighted by Crippen LogP contribution is 2.53. The molecule has 0 aliphatic heterocycles. The lowest BCUT2D eigenvalue weighted by molar-refractivity contribution is -0.516. The molecule has 130 valence electrons. The summed E-state index contributed by atoms with van der Waals surface area (Å²) in [5.41, 5.74) is 0. The molecule has 0 saturated carbocycles. The highest BCUT2D eigenvalue weighted by Gasteiger charge is 2.80. The van der Waals surface area contributed by atoms with Crippen molar-refractivity contribution in [3.8, 4) is 6.07 Å². The quantitative estimate of drug-likeness (QED) is 0.477. The molecule has 0 rings (SSSR count). The van der Waals surface area contributed by atoms with Crippen molar-refractivity contribution < 1.29 is 57.8 Å². The second-order valence-corrected chi connectivity index (χ2v) is 4.29. The standard InChI is InChI=1S/C7HBrF11NO2/c8-4(11,12)7(18,19)22-3(10,5(13,14)15)6(16,17)21-2(9)1-20/h2H. The average Bonchev–Trinajstić information content (AvgIpc) is 2.24. The van der Waals surface area contributed by atoms with Crippen LogP contribution in [0.5, 0.6) is 0 Å². The molecule has 0 N–H and O–H groups in total. The van der Waals surface area contributed by atoms with Crippen LogP contribution in [-0.4, -0.2) is 35.4 Å². The molecule has 0 saturated heterocycles. The maximum atomic E-state index is 13.3. The minimum atomic E-state index is -7.08. The van der Waals surface area contributed by atoms with Gasteiger partial charge < -0.3 is 0 Å². The van der Waals surface area contributed by atoms with Gasteiger partial charge in [0.1, 0.15) is 6.07 Å². The van der Waals surface area contributed by atoms with Crippen molar-refractivity contribution in [2.75, 3.05) is 0 Å². The predicted octanol–water partition coefficient (Wildman–Crippen LogP) is 4.24. The van der Waals surface area contributed by atoms with E-state index in [0.717, 1.165) is 15.9 Å². The highest BCUT2D eigenvalue weighted by atomic mass is 79.9. The van der Waals surface area contributed by atoms with E-state index in [4.69, 9.17) is 5.26 Å². The van der Waals surface area contributed by atoms with Gasteiger partial charge >= 0.3 is 29.1 Å². The molecule has 3 nitrogen and oxygen atoms in total. The summed E-state index contributed by atoms with van der Waals surface area (Å²) in [6.07, 6.45) is -24.0. The van der Waals surface area contributed by atoms with Gasteiger partial charge in [-0.3, -0.25) is 9.47 Å². The molecule has 2 atom stereocenters. The van der Waals surface area contributed by atoms with Gasteiger partial charge in [-0.25, -0.2) is 0 Å². The summed E-state index contributed by atoms with van der Waals surface area (Å²) in [7, 11) is 0. The molecule has 22 heavy (non-hydrogen) atoms. The van der Waals surface area contributed by atoms with Crippen LogP contribution in [0.3, 0.4) is 0 Å². The first-order valence-electron chi connectivity index (χ1n) is 4.41. The number of nitrogens with zero attached hydrogens (tertiary/aromatic N) is 1. The van der Waals surface area contributed by atoms with Crippen molar-refractivity contribution in [2.24, 2.45) is 0 Å². The van der Waals surface area contributed by atoms with E-state index in [9.17, 15) is 48.3 Å². The minimum absolute atomic E-state index is 0.134. The lowest BCUT2D eigenvalue weighted by atomic mass is 10.2. The average molecular weight is 420 g/mol. The van der Waals surface area contributed by atoms with E-state index in [1.165, 1.54) is 0 Å². The molecular weight excluding hydrogens is 419 g/mol. The molecule has 0 aliphatic carbocycles. The maximum absolute atomic E-state index is 13.3. The summed E-state index contributed by atoms with van der Waals surface area (Å²) in [4.78, 5) is -5.71. The van der Waals surface area contributed by atoms with Crippen LogP contribution in [0.4, 0.5) is 48.3 Å². The Morgan fingerprint density at radius 3 is 1.55 bits per heavy atom. The number of hydrogen-bond acceptors (Lipinski definition) is 3. The molecule has 0 aliphatic rings. The summed E-state index contributed by atoms with van der Waals surface area (Å²) in [5.74, 6) is -6.90. The van der Waals surface area contributed by atoms with E-state index in [0.29, 0.717) is 0 Å². The second-order valence-electron chi connectivity index (χ2n) is 3.29. The molecule has 0 fully saturated rings. The topological polar surface area (TPSA) is 42.2 Å². The van der Waals surface area contributed by atoms with Crippen molar-refractivity contribution >= 4 is 15.9 Å². The fourth-order valence-electron chi connectivity index (χ4n) is 0.749. The molecule has 0 radical (unpaired) electrons. The molecule has 0 spiro atoms. The van der Waals surface area contributed by atoms with Crippen molar-refractivity contribution in [1.82, 2.24) is 0 Å². The fourth-order valence-corrected chi connectivity index (χ4v) is 0.830. The summed E-state index contributed by atoms with van der Waals surface area (Å²) in [5, 5.41) is 7.72. The minimum Gasteiger partial charge on any atom is -0.267 e. The summed E-state index contributed by atoms with van der Waals surface area (Å²) in [6, 6.07) is 0.134. The molecule has 0 heterocycles. The number of rotatable bonds is 6. The van der Waals surface area contributed by atoms with Gasteiger partial charge in [0, 0.05) is 15.9 Å². The number of hydrogen-bond donors (Lipinski definition) is 0. The molecule has 0 aromatic heterocycles. The van der Waals surface area contributed by atoms with Crippen LogP contribution in [-0.2, 0) is 9.47 Å². The Hall–Kier alpha value is -0.880. The molecule has 2 unspecified atom stereocenters. The number of alkyl halides is 12. The van der Waals surface area contributed by atoms with Gasteiger partial charge in [-0.05, 0) is 0 Å². The summed E-state index contributed by atoms with van der Waals surface area (Å²) < 4.78 is 142. The Labute approximate surface area is 121 Å². The number of ether oxygens (including phenoxy) is 2. The summed E-state index contributed by atoms with van der Waals surface area (Å²) in [6.45, 7) is 0. The zero-order valence-corrected chi connectivity index (χ0v) is 11.0. The number of nitriles is 1. The monoisotopic (exact) mass is 419 g/mol. The fraction of sp³-hybridized carbons (Fsp3) is 0.857. The first kappa shape index (κ1) is 21.1. The Kier molecular flexibility index (Phi) is 5.72. The van der Waals surface area contributed by atoms with Crippen LogP contribution < -0.4 is 0 Å². The van der Waals surface area contributed by atoms with E-state index < -0.39 is 35.4 Å². The largest absolute Gasteiger partial charge is 0.458 e. The van der Waals surface area contributed by atoms with Crippen LogP contribution in [0.15, 0.2) is 0 Å². The van der Waals surface area contributed by atoms with Gasteiger partial charge in [0.05, 0.1) is 0 Å². The van der Waals surface area contributed by atoms with Crippen molar-refractivity contribution in [3.63, 3.8) is 0 Å². The van der Waals surface area contributed by atoms with Crippen LogP contribution >= 0.6 is 15.9 Å². The molecular formula is C7HBrF11NO2. The maximum Gasteiger partial charge on any atom is 0.458 e. The van der Waals surface area contributed by atoms with Crippen LogP contribution in [0.1, 0.15) is 0 Å². The third-order valence-electron chi connectivity index (χ3n) is 1.69. The Morgan fingerprint density at radius 2 is 1.27 bits per heavy atom. The van der Waals surface area contributed by atoms with E-state index in [1.54, 1.807) is 0 Å². The van der Waals surface area contributed by atoms with Gasteiger partial charge in [0.25, 0.3) is 6.36 Å². The Balaban J connectivity index is 5.88. The predicted molar refractivity (Wildman–Crippen MR) is 46.3 cm³/mol. The molecule has 0 aromatic carbocycles. The van der Waals surface area contributed by atoms with E-state index >= 15 is 0 Å². The van der Waals surface area contributed by atoms with Gasteiger partial charge in [-0.2, -0.15) is 53.6 Å². The van der Waals surface area contributed by atoms with E-state index in [2.05, 4.69) is 4.74 Å².